The molecule has 0 fully saturated rings. The fourth-order valence-corrected chi connectivity index (χ4v) is 0.989. The van der Waals surface area contributed by atoms with Crippen molar-refractivity contribution in [2.45, 2.75) is 0 Å². The minimum Gasteiger partial charge on any atom is -0.378 e. The van der Waals surface area contributed by atoms with Gasteiger partial charge in [0.2, 0.25) is 0 Å². The van der Waals surface area contributed by atoms with Gasteiger partial charge in [-0.3, -0.25) is 0 Å². The van der Waals surface area contributed by atoms with Crippen molar-refractivity contribution < 1.29 is 14.2 Å². The lowest BCUT2D eigenvalue weighted by Gasteiger charge is -2.04. The summed E-state index contributed by atoms with van der Waals surface area (Å²) >= 11 is 8.67. The Hall–Kier alpha value is 0.650. The average Bonchev–Trinajstić information content (AvgIpc) is 2.16. The van der Waals surface area contributed by atoms with Crippen molar-refractivity contribution in [2.75, 3.05) is 50.9 Å². The van der Waals surface area contributed by atoms with Gasteiger partial charge in [-0.05, 0) is 0 Å². The fourth-order valence-electron chi connectivity index (χ4n) is 0.651. The van der Waals surface area contributed by atoms with E-state index in [1.165, 1.54) is 0 Å². The molecule has 0 aliphatic carbocycles. The van der Waals surface area contributed by atoms with E-state index in [1.807, 2.05) is 0 Å². The third-order valence-electron chi connectivity index (χ3n) is 1.19. The Bertz CT molecular complexity index is 85.5. The number of hydrogen-bond donors (Lipinski definition) is 0. The third kappa shape index (κ3) is 12.6. The van der Waals surface area contributed by atoms with Crippen molar-refractivity contribution in [3.05, 3.63) is 0 Å². The maximum absolute atomic E-state index is 5.41. The number of hydrogen-bond acceptors (Lipinski definition) is 3. The van der Waals surface area contributed by atoms with Gasteiger partial charge in [0.25, 0.3) is 0 Å². The molecule has 0 spiro atoms. The quantitative estimate of drug-likeness (QED) is 0.448. The zero-order valence-corrected chi connectivity index (χ0v) is 9.98. The first-order chi connectivity index (χ1) is 6.41. The van der Waals surface area contributed by atoms with E-state index < -0.39 is 0 Å². The third-order valence-corrected chi connectivity index (χ3v) is 1.67. The van der Waals surface area contributed by atoms with E-state index in [9.17, 15) is 0 Å². The summed E-state index contributed by atoms with van der Waals surface area (Å²) in [5, 5.41) is 0.867. The van der Waals surface area contributed by atoms with Gasteiger partial charge in [-0.2, -0.15) is 0 Å². The molecule has 13 heavy (non-hydrogen) atoms. The lowest BCUT2D eigenvalue weighted by atomic mass is 10.7. The molecule has 0 unspecified atom stereocenters. The molecule has 0 atom stereocenters. The van der Waals surface area contributed by atoms with Crippen LogP contribution in [0, 0.1) is 0 Å². The number of alkyl halides is 2. The lowest BCUT2D eigenvalue weighted by Crippen LogP contribution is -2.10. The Morgan fingerprint density at radius 2 is 1.23 bits per heavy atom. The largest absolute Gasteiger partial charge is 0.378 e. The van der Waals surface area contributed by atoms with Crippen molar-refractivity contribution in [1.29, 1.82) is 0 Å². The van der Waals surface area contributed by atoms with Gasteiger partial charge < -0.3 is 14.2 Å². The van der Waals surface area contributed by atoms with Gasteiger partial charge in [0, 0.05) is 11.2 Å². The molecule has 0 N–H and O–H groups in total. The van der Waals surface area contributed by atoms with Crippen LogP contribution in [0.5, 0.6) is 0 Å². The topological polar surface area (TPSA) is 27.7 Å². The first-order valence-corrected chi connectivity index (χ1v) is 5.92. The maximum Gasteiger partial charge on any atom is 0.0701 e. The van der Waals surface area contributed by atoms with Crippen molar-refractivity contribution >= 4 is 27.5 Å². The Morgan fingerprint density at radius 3 is 1.69 bits per heavy atom. The van der Waals surface area contributed by atoms with Gasteiger partial charge in [0.1, 0.15) is 0 Å². The highest BCUT2D eigenvalue weighted by Crippen LogP contribution is 1.84. The van der Waals surface area contributed by atoms with Crippen LogP contribution < -0.4 is 0 Å². The molecule has 0 aliphatic heterocycles. The first kappa shape index (κ1) is 13.7. The maximum atomic E-state index is 5.41. The molecule has 80 valence electrons. The molecule has 0 radical (unpaired) electrons. The second-order valence-electron chi connectivity index (χ2n) is 2.22. The van der Waals surface area contributed by atoms with Gasteiger partial charge in [-0.15, -0.1) is 11.6 Å². The lowest BCUT2D eigenvalue weighted by molar-refractivity contribution is 0.0205. The Labute approximate surface area is 92.8 Å². The van der Waals surface area contributed by atoms with Crippen LogP contribution >= 0.6 is 27.5 Å². The summed E-state index contributed by atoms with van der Waals surface area (Å²) in [6, 6.07) is 0. The summed E-state index contributed by atoms with van der Waals surface area (Å²) in [6.45, 7) is 3.79. The highest BCUT2D eigenvalue weighted by molar-refractivity contribution is 9.09. The zero-order chi connectivity index (χ0) is 9.78. The minimum atomic E-state index is 0.536. The van der Waals surface area contributed by atoms with Crippen molar-refractivity contribution in [2.24, 2.45) is 0 Å². The molecular formula is C8H16BrClO3. The second-order valence-corrected chi connectivity index (χ2v) is 3.39. The fraction of sp³-hybridized carbons (Fsp3) is 1.00. The predicted molar refractivity (Wildman–Crippen MR) is 57.0 cm³/mol. The Kier molecular flexibility index (Phi) is 13.3. The summed E-state index contributed by atoms with van der Waals surface area (Å²) in [6.07, 6.45) is 0. The molecule has 0 aliphatic rings. The summed E-state index contributed by atoms with van der Waals surface area (Å²) in [5.41, 5.74) is 0. The molecule has 0 rings (SSSR count). The summed E-state index contributed by atoms with van der Waals surface area (Å²) in [5.74, 6) is 0.536. The van der Waals surface area contributed by atoms with Crippen LogP contribution in [0.25, 0.3) is 0 Å². The van der Waals surface area contributed by atoms with Gasteiger partial charge in [-0.1, -0.05) is 15.9 Å². The van der Waals surface area contributed by atoms with E-state index in [-0.39, 0.29) is 0 Å². The molecule has 0 aromatic rings. The van der Waals surface area contributed by atoms with E-state index in [4.69, 9.17) is 25.8 Å². The van der Waals surface area contributed by atoms with E-state index in [0.717, 1.165) is 11.9 Å². The van der Waals surface area contributed by atoms with E-state index in [2.05, 4.69) is 15.9 Å². The van der Waals surface area contributed by atoms with E-state index in [0.29, 0.717) is 38.9 Å². The normalized spacial score (nSPS) is 10.6. The zero-order valence-electron chi connectivity index (χ0n) is 7.64. The first-order valence-electron chi connectivity index (χ1n) is 4.27. The number of halogens is 2. The molecule has 0 heterocycles. The smallest absolute Gasteiger partial charge is 0.0701 e. The SMILES string of the molecule is ClCCOCCOCCOCCBr. The predicted octanol–water partition coefficient (Wildman–Crippen LogP) is 1.67. The average molecular weight is 276 g/mol. The van der Waals surface area contributed by atoms with Gasteiger partial charge in [-0.25, -0.2) is 0 Å². The van der Waals surface area contributed by atoms with E-state index >= 15 is 0 Å². The van der Waals surface area contributed by atoms with Crippen LogP contribution in [0.15, 0.2) is 0 Å². The molecule has 5 heteroatoms. The second kappa shape index (κ2) is 12.7. The van der Waals surface area contributed by atoms with Gasteiger partial charge in [0.15, 0.2) is 0 Å². The van der Waals surface area contributed by atoms with Crippen LogP contribution in [0.2, 0.25) is 0 Å². The monoisotopic (exact) mass is 274 g/mol. The standard InChI is InChI=1S/C8H16BrClO3/c9-1-3-11-5-7-13-8-6-12-4-2-10/h1-8H2. The van der Waals surface area contributed by atoms with Crippen LogP contribution in [0.1, 0.15) is 0 Å². The summed E-state index contributed by atoms with van der Waals surface area (Å²) < 4.78 is 15.5. The van der Waals surface area contributed by atoms with Crippen molar-refractivity contribution in [1.82, 2.24) is 0 Å². The van der Waals surface area contributed by atoms with Gasteiger partial charge in [0.05, 0.1) is 39.6 Å². The molecular weight excluding hydrogens is 259 g/mol. The van der Waals surface area contributed by atoms with Crippen LogP contribution in [-0.4, -0.2) is 50.9 Å². The molecule has 0 amide bonds. The highest BCUT2D eigenvalue weighted by Gasteiger charge is 1.89. The number of rotatable bonds is 10. The number of ether oxygens (including phenoxy) is 3. The molecule has 0 aromatic carbocycles. The molecule has 0 aromatic heterocycles. The molecule has 0 bridgehead atoms. The van der Waals surface area contributed by atoms with Crippen LogP contribution in [0.4, 0.5) is 0 Å². The summed E-state index contributed by atoms with van der Waals surface area (Å²) in [4.78, 5) is 0. The van der Waals surface area contributed by atoms with Gasteiger partial charge >= 0.3 is 0 Å². The minimum absolute atomic E-state index is 0.536. The molecule has 0 saturated carbocycles. The van der Waals surface area contributed by atoms with Crippen molar-refractivity contribution in [3.8, 4) is 0 Å². The molecule has 0 saturated heterocycles. The van der Waals surface area contributed by atoms with Crippen molar-refractivity contribution in [3.63, 3.8) is 0 Å². The highest BCUT2D eigenvalue weighted by atomic mass is 79.9. The van der Waals surface area contributed by atoms with E-state index in [1.54, 1.807) is 0 Å². The Balaban J connectivity index is 2.76. The van der Waals surface area contributed by atoms with Crippen LogP contribution in [0.3, 0.4) is 0 Å². The molecule has 3 nitrogen and oxygen atoms in total. The van der Waals surface area contributed by atoms with Crippen LogP contribution in [-0.2, 0) is 14.2 Å². The Morgan fingerprint density at radius 1 is 0.769 bits per heavy atom. The summed E-state index contributed by atoms with van der Waals surface area (Å²) in [7, 11) is 0.